The maximum atomic E-state index is 12.0. The van der Waals surface area contributed by atoms with Crippen LogP contribution < -0.4 is 10.1 Å². The van der Waals surface area contributed by atoms with E-state index in [2.05, 4.69) is 10.5 Å². The minimum absolute atomic E-state index is 0.0525. The number of aromatic carboxylic acids is 1. The fraction of sp³-hybridized carbons (Fsp3) is 0.312. The molecule has 1 aromatic carbocycles. The van der Waals surface area contributed by atoms with Crippen LogP contribution >= 0.6 is 0 Å². The van der Waals surface area contributed by atoms with Crippen LogP contribution in [-0.2, 0) is 6.54 Å². The molecule has 0 unspecified atom stereocenters. The summed E-state index contributed by atoms with van der Waals surface area (Å²) in [4.78, 5) is 23.2. The number of rotatable bonds is 6. The van der Waals surface area contributed by atoms with Crippen LogP contribution in [0.3, 0.4) is 0 Å². The van der Waals surface area contributed by atoms with Crippen LogP contribution in [0.25, 0.3) is 0 Å². The molecule has 1 aliphatic rings. The van der Waals surface area contributed by atoms with Crippen molar-refractivity contribution < 1.29 is 24.0 Å². The van der Waals surface area contributed by atoms with E-state index in [1.54, 1.807) is 18.2 Å². The number of aromatic nitrogens is 1. The van der Waals surface area contributed by atoms with E-state index in [1.807, 2.05) is 0 Å². The second-order valence-corrected chi connectivity index (χ2v) is 5.41. The van der Waals surface area contributed by atoms with Gasteiger partial charge in [-0.25, -0.2) is 4.79 Å². The number of carbonyl (C=O) groups is 2. The predicted octanol–water partition coefficient (Wildman–Crippen LogP) is 2.19. The molecule has 1 heterocycles. The first-order chi connectivity index (χ1) is 11.1. The summed E-state index contributed by atoms with van der Waals surface area (Å²) in [5.41, 5.74) is 0.943. The average molecular weight is 316 g/mol. The van der Waals surface area contributed by atoms with Crippen LogP contribution in [0.4, 0.5) is 0 Å². The fourth-order valence-electron chi connectivity index (χ4n) is 2.26. The highest BCUT2D eigenvalue weighted by atomic mass is 16.5. The zero-order valence-electron chi connectivity index (χ0n) is 12.5. The molecule has 1 aliphatic carbocycles. The lowest BCUT2D eigenvalue weighted by Crippen LogP contribution is -2.23. The van der Waals surface area contributed by atoms with Crippen molar-refractivity contribution >= 4 is 11.9 Å². The molecule has 1 amide bonds. The molecule has 7 heteroatoms. The standard InChI is InChI=1S/C16H16N2O5/c1-22-13-5-2-9(6-11(13)16(20)21)8-17-15(19)12-7-14(23-18-12)10-3-4-10/h2,5-7,10H,3-4,8H2,1H3,(H,17,19)(H,20,21). The topological polar surface area (TPSA) is 102 Å². The fourth-order valence-corrected chi connectivity index (χ4v) is 2.26. The third kappa shape index (κ3) is 3.33. The number of methoxy groups -OCH3 is 1. The zero-order chi connectivity index (χ0) is 16.4. The highest BCUT2D eigenvalue weighted by Gasteiger charge is 2.28. The second-order valence-electron chi connectivity index (χ2n) is 5.41. The number of carboxylic acid groups (broad SMARTS) is 1. The first-order valence-corrected chi connectivity index (χ1v) is 7.23. The SMILES string of the molecule is COc1ccc(CNC(=O)c2cc(C3CC3)on2)cc1C(=O)O. The smallest absolute Gasteiger partial charge is 0.339 e. The molecular formula is C16H16N2O5. The summed E-state index contributed by atoms with van der Waals surface area (Å²) >= 11 is 0. The van der Waals surface area contributed by atoms with Crippen molar-refractivity contribution in [3.63, 3.8) is 0 Å². The maximum absolute atomic E-state index is 12.0. The van der Waals surface area contributed by atoms with Crippen molar-refractivity contribution in [2.45, 2.75) is 25.3 Å². The molecule has 0 atom stereocenters. The van der Waals surface area contributed by atoms with Gasteiger partial charge in [-0.05, 0) is 30.5 Å². The van der Waals surface area contributed by atoms with E-state index in [0.717, 1.165) is 18.6 Å². The Balaban J connectivity index is 1.66. The Morgan fingerprint density at radius 2 is 2.17 bits per heavy atom. The summed E-state index contributed by atoms with van der Waals surface area (Å²) in [6.07, 6.45) is 2.14. The van der Waals surface area contributed by atoms with Gasteiger partial charge in [0.05, 0.1) is 7.11 Å². The normalized spacial score (nSPS) is 13.6. The number of amides is 1. The van der Waals surface area contributed by atoms with Crippen LogP contribution in [-0.4, -0.2) is 29.2 Å². The minimum atomic E-state index is -1.08. The summed E-state index contributed by atoms with van der Waals surface area (Å²) in [5.74, 6) is -0.0244. The van der Waals surface area contributed by atoms with Crippen LogP contribution in [0.1, 0.15) is 50.9 Å². The Morgan fingerprint density at radius 3 is 2.83 bits per heavy atom. The van der Waals surface area contributed by atoms with Gasteiger partial charge in [-0.3, -0.25) is 4.79 Å². The molecule has 23 heavy (non-hydrogen) atoms. The number of ether oxygens (including phenoxy) is 1. The molecule has 0 spiro atoms. The molecule has 0 bridgehead atoms. The van der Waals surface area contributed by atoms with Gasteiger partial charge in [-0.15, -0.1) is 0 Å². The molecule has 0 saturated heterocycles. The molecule has 1 fully saturated rings. The van der Waals surface area contributed by atoms with Crippen molar-refractivity contribution in [3.05, 3.63) is 46.8 Å². The van der Waals surface area contributed by atoms with E-state index in [-0.39, 0.29) is 29.5 Å². The van der Waals surface area contributed by atoms with E-state index >= 15 is 0 Å². The van der Waals surface area contributed by atoms with Gasteiger partial charge in [0.25, 0.3) is 5.91 Å². The summed E-state index contributed by atoms with van der Waals surface area (Å²) in [5, 5.41) is 15.6. The zero-order valence-corrected chi connectivity index (χ0v) is 12.5. The molecule has 7 nitrogen and oxygen atoms in total. The van der Waals surface area contributed by atoms with Gasteiger partial charge in [0.2, 0.25) is 0 Å². The largest absolute Gasteiger partial charge is 0.496 e. The molecule has 120 valence electrons. The molecule has 0 radical (unpaired) electrons. The van der Waals surface area contributed by atoms with Crippen LogP contribution in [0.5, 0.6) is 5.75 Å². The van der Waals surface area contributed by atoms with E-state index in [9.17, 15) is 9.59 Å². The highest BCUT2D eigenvalue weighted by molar-refractivity contribution is 5.92. The lowest BCUT2D eigenvalue weighted by Gasteiger charge is -2.08. The van der Waals surface area contributed by atoms with Crippen molar-refractivity contribution in [1.29, 1.82) is 0 Å². The number of benzene rings is 1. The van der Waals surface area contributed by atoms with Crippen molar-refractivity contribution in [2.75, 3.05) is 7.11 Å². The Bertz CT molecular complexity index is 749. The summed E-state index contributed by atoms with van der Waals surface area (Å²) in [6, 6.07) is 6.39. The van der Waals surface area contributed by atoms with E-state index in [0.29, 0.717) is 11.5 Å². The Morgan fingerprint density at radius 1 is 1.39 bits per heavy atom. The van der Waals surface area contributed by atoms with Crippen LogP contribution in [0.2, 0.25) is 0 Å². The Labute approximate surface area is 132 Å². The van der Waals surface area contributed by atoms with Gasteiger partial charge in [0, 0.05) is 18.5 Å². The molecule has 2 aromatic rings. The van der Waals surface area contributed by atoms with Gasteiger partial charge >= 0.3 is 5.97 Å². The number of carbonyl (C=O) groups excluding carboxylic acids is 1. The quantitative estimate of drug-likeness (QED) is 0.847. The van der Waals surface area contributed by atoms with Crippen molar-refractivity contribution in [1.82, 2.24) is 10.5 Å². The monoisotopic (exact) mass is 316 g/mol. The summed E-state index contributed by atoms with van der Waals surface area (Å²) in [7, 11) is 1.41. The molecule has 2 N–H and O–H groups in total. The summed E-state index contributed by atoms with van der Waals surface area (Å²) < 4.78 is 10.1. The van der Waals surface area contributed by atoms with Crippen LogP contribution in [0.15, 0.2) is 28.8 Å². The number of carboxylic acids is 1. The van der Waals surface area contributed by atoms with Gasteiger partial charge in [0.1, 0.15) is 17.1 Å². The Hall–Kier alpha value is -2.83. The van der Waals surface area contributed by atoms with Gasteiger partial charge in [-0.1, -0.05) is 11.2 Å². The molecule has 1 aromatic heterocycles. The highest BCUT2D eigenvalue weighted by Crippen LogP contribution is 2.40. The predicted molar refractivity (Wildman–Crippen MR) is 79.6 cm³/mol. The van der Waals surface area contributed by atoms with Gasteiger partial charge in [-0.2, -0.15) is 0 Å². The number of hydrogen-bond donors (Lipinski definition) is 2. The van der Waals surface area contributed by atoms with E-state index in [1.165, 1.54) is 13.2 Å². The maximum Gasteiger partial charge on any atom is 0.339 e. The average Bonchev–Trinajstić information content (AvgIpc) is 3.29. The first kappa shape index (κ1) is 15.1. The lowest BCUT2D eigenvalue weighted by molar-refractivity contribution is 0.0693. The number of nitrogens with one attached hydrogen (secondary N) is 1. The molecule has 3 rings (SSSR count). The lowest BCUT2D eigenvalue weighted by atomic mass is 10.1. The van der Waals surface area contributed by atoms with Crippen molar-refractivity contribution in [3.8, 4) is 5.75 Å². The molecule has 0 aliphatic heterocycles. The molecular weight excluding hydrogens is 300 g/mol. The first-order valence-electron chi connectivity index (χ1n) is 7.23. The van der Waals surface area contributed by atoms with Crippen LogP contribution in [0, 0.1) is 0 Å². The van der Waals surface area contributed by atoms with Crippen molar-refractivity contribution in [2.24, 2.45) is 0 Å². The number of nitrogens with zero attached hydrogens (tertiary/aromatic N) is 1. The third-order valence-corrected chi connectivity index (χ3v) is 3.69. The third-order valence-electron chi connectivity index (χ3n) is 3.69. The van der Waals surface area contributed by atoms with Gasteiger partial charge in [0.15, 0.2) is 5.69 Å². The minimum Gasteiger partial charge on any atom is -0.496 e. The summed E-state index contributed by atoms with van der Waals surface area (Å²) in [6.45, 7) is 0.189. The van der Waals surface area contributed by atoms with E-state index < -0.39 is 5.97 Å². The van der Waals surface area contributed by atoms with Gasteiger partial charge < -0.3 is 19.7 Å². The molecule has 1 saturated carbocycles. The van der Waals surface area contributed by atoms with E-state index in [4.69, 9.17) is 14.4 Å². The Kier molecular flexibility index (Phi) is 4.01. The second kappa shape index (κ2) is 6.12. The number of hydrogen-bond acceptors (Lipinski definition) is 5.